The molecule has 1 fully saturated rings. The number of nitrogens with one attached hydrogen (secondary N) is 1. The summed E-state index contributed by atoms with van der Waals surface area (Å²) >= 11 is 0.977. The van der Waals surface area contributed by atoms with Gasteiger partial charge in [-0.15, -0.1) is 11.3 Å². The third kappa shape index (κ3) is 6.04. The number of anilines is 1. The summed E-state index contributed by atoms with van der Waals surface area (Å²) in [6.45, 7) is 11.1. The Labute approximate surface area is 197 Å². The van der Waals surface area contributed by atoms with Crippen LogP contribution in [0.2, 0.25) is 0 Å². The number of likely N-dealkylation sites (tertiary alicyclic amines) is 1. The van der Waals surface area contributed by atoms with Gasteiger partial charge in [0.05, 0.1) is 4.88 Å². The third-order valence-corrected chi connectivity index (χ3v) is 6.53. The van der Waals surface area contributed by atoms with E-state index in [0.717, 1.165) is 24.2 Å². The van der Waals surface area contributed by atoms with Crippen molar-refractivity contribution >= 4 is 23.1 Å². The molecule has 2 aromatic heterocycles. The molecule has 1 saturated heterocycles. The second-order valence-corrected chi connectivity index (χ2v) is 10.4. The van der Waals surface area contributed by atoms with Gasteiger partial charge >= 0.3 is 0 Å². The predicted octanol–water partition coefficient (Wildman–Crippen LogP) is 5.25. The summed E-state index contributed by atoms with van der Waals surface area (Å²) in [5, 5.41) is 13.5. The van der Waals surface area contributed by atoms with Crippen LogP contribution in [0.25, 0.3) is 10.4 Å². The highest BCUT2D eigenvalue weighted by Gasteiger charge is 2.33. The number of carbonyl (C=O) groups excluding carboxylic acids is 1. The number of rotatable bonds is 8. The Kier molecular flexibility index (Phi) is 8.02. The number of aromatic nitrogens is 2. The molecule has 0 saturated carbocycles. The minimum atomic E-state index is -2.78. The fourth-order valence-corrected chi connectivity index (χ4v) is 4.69. The Morgan fingerprint density at radius 2 is 2.15 bits per heavy atom. The lowest BCUT2D eigenvalue weighted by Crippen LogP contribution is -2.34. The van der Waals surface area contributed by atoms with Crippen LogP contribution in [0.15, 0.2) is 12.3 Å². The highest BCUT2D eigenvalue weighted by molar-refractivity contribution is 7.15. The van der Waals surface area contributed by atoms with Crippen LogP contribution in [-0.2, 0) is 4.74 Å². The number of ether oxygens (including phenoxy) is 1. The molecule has 2 atom stereocenters. The number of amides is 1. The van der Waals surface area contributed by atoms with Crippen molar-refractivity contribution in [3.63, 3.8) is 0 Å². The van der Waals surface area contributed by atoms with E-state index in [1.54, 1.807) is 11.8 Å². The number of aliphatic hydroxyl groups is 1. The van der Waals surface area contributed by atoms with Gasteiger partial charge in [-0.1, -0.05) is 20.8 Å². The van der Waals surface area contributed by atoms with Gasteiger partial charge in [-0.25, -0.2) is 18.7 Å². The van der Waals surface area contributed by atoms with Crippen molar-refractivity contribution in [3.8, 4) is 10.4 Å². The van der Waals surface area contributed by atoms with E-state index in [0.29, 0.717) is 18.9 Å². The molecule has 3 heterocycles. The number of hydrogen-bond donors (Lipinski definition) is 2. The summed E-state index contributed by atoms with van der Waals surface area (Å²) in [4.78, 5) is 24.0. The molecule has 0 aliphatic carbocycles. The molecule has 0 bridgehead atoms. The Hall–Kier alpha value is -2.17. The van der Waals surface area contributed by atoms with Gasteiger partial charge in [0, 0.05) is 43.1 Å². The van der Waals surface area contributed by atoms with Gasteiger partial charge in [0.15, 0.2) is 5.01 Å². The van der Waals surface area contributed by atoms with Gasteiger partial charge in [0.2, 0.25) is 6.29 Å². The molecule has 182 valence electrons. The molecular weight excluding hydrogens is 450 g/mol. The standard InChI is InChI=1S/C23H32F2N4O3S/c1-6-32-22(31)20-28-17(21(30)29-9-7-8-13(29)2)18(33-20)15-11-26-16(10-14(15)19(24)25)27-12-23(3,4)5/h10-11,13,19,22,31H,6-9,12H2,1-5H3,(H,26,27)/t13-,22?/m0/s1. The minimum absolute atomic E-state index is 0.0315. The zero-order valence-electron chi connectivity index (χ0n) is 19.7. The lowest BCUT2D eigenvalue weighted by Gasteiger charge is -2.21. The minimum Gasteiger partial charge on any atom is -0.370 e. The highest BCUT2D eigenvalue weighted by Crippen LogP contribution is 2.40. The number of thiazole rings is 1. The first-order valence-corrected chi connectivity index (χ1v) is 12.0. The number of aliphatic hydroxyl groups excluding tert-OH is 1. The average Bonchev–Trinajstić information content (AvgIpc) is 3.38. The zero-order valence-corrected chi connectivity index (χ0v) is 20.5. The number of alkyl halides is 2. The summed E-state index contributed by atoms with van der Waals surface area (Å²) in [7, 11) is 0. The van der Waals surface area contributed by atoms with Crippen LogP contribution >= 0.6 is 11.3 Å². The summed E-state index contributed by atoms with van der Waals surface area (Å²) < 4.78 is 33.4. The van der Waals surface area contributed by atoms with Crippen LogP contribution in [0, 0.1) is 5.41 Å². The number of nitrogens with zero attached hydrogens (tertiary/aromatic N) is 3. The van der Waals surface area contributed by atoms with Crippen LogP contribution < -0.4 is 5.32 Å². The highest BCUT2D eigenvalue weighted by atomic mass is 32.1. The maximum atomic E-state index is 14.1. The van der Waals surface area contributed by atoms with E-state index >= 15 is 0 Å². The van der Waals surface area contributed by atoms with Crippen molar-refractivity contribution in [2.24, 2.45) is 5.41 Å². The molecule has 1 aliphatic heterocycles. The van der Waals surface area contributed by atoms with Gasteiger partial charge < -0.3 is 20.1 Å². The van der Waals surface area contributed by atoms with Crippen molar-refractivity contribution in [3.05, 3.63) is 28.5 Å². The first-order chi connectivity index (χ1) is 15.5. The second kappa shape index (κ2) is 10.4. The van der Waals surface area contributed by atoms with E-state index in [-0.39, 0.29) is 50.7 Å². The number of pyridine rings is 1. The summed E-state index contributed by atoms with van der Waals surface area (Å²) in [5.41, 5.74) is -0.124. The molecule has 3 rings (SSSR count). The molecule has 0 aromatic carbocycles. The van der Waals surface area contributed by atoms with Gasteiger partial charge in [0.1, 0.15) is 11.5 Å². The van der Waals surface area contributed by atoms with Crippen molar-refractivity contribution in [1.29, 1.82) is 0 Å². The van der Waals surface area contributed by atoms with E-state index in [1.165, 1.54) is 12.3 Å². The number of hydrogen-bond acceptors (Lipinski definition) is 7. The largest absolute Gasteiger partial charge is 0.370 e. The summed E-state index contributed by atoms with van der Waals surface area (Å²) in [6.07, 6.45) is -1.03. The Bertz CT molecular complexity index is 977. The van der Waals surface area contributed by atoms with Gasteiger partial charge in [-0.05, 0) is 38.2 Å². The van der Waals surface area contributed by atoms with E-state index in [2.05, 4.69) is 15.3 Å². The molecule has 0 radical (unpaired) electrons. The molecule has 7 nitrogen and oxygen atoms in total. The molecule has 0 spiro atoms. The van der Waals surface area contributed by atoms with Crippen LogP contribution in [0.5, 0.6) is 0 Å². The summed E-state index contributed by atoms with van der Waals surface area (Å²) in [5.74, 6) is 0.000422. The SMILES string of the molecule is CCOC(O)c1nc(C(=O)N2CCC[C@@H]2C)c(-c2cnc(NCC(C)(C)C)cc2C(F)F)s1. The van der Waals surface area contributed by atoms with Crippen LogP contribution in [0.3, 0.4) is 0 Å². The topological polar surface area (TPSA) is 87.6 Å². The van der Waals surface area contributed by atoms with Crippen molar-refractivity contribution in [2.75, 3.05) is 25.0 Å². The predicted molar refractivity (Wildman–Crippen MR) is 125 cm³/mol. The Morgan fingerprint density at radius 3 is 2.73 bits per heavy atom. The lowest BCUT2D eigenvalue weighted by atomic mass is 9.97. The smallest absolute Gasteiger partial charge is 0.274 e. The lowest BCUT2D eigenvalue weighted by molar-refractivity contribution is -0.0980. The van der Waals surface area contributed by atoms with Crippen LogP contribution in [0.1, 0.15) is 81.2 Å². The Morgan fingerprint density at radius 1 is 1.42 bits per heavy atom. The fourth-order valence-electron chi connectivity index (χ4n) is 3.66. The molecular formula is C23H32F2N4O3S. The first-order valence-electron chi connectivity index (χ1n) is 11.2. The van der Waals surface area contributed by atoms with E-state index < -0.39 is 12.7 Å². The van der Waals surface area contributed by atoms with Gasteiger partial charge in [0.25, 0.3) is 12.3 Å². The molecule has 10 heteroatoms. The van der Waals surface area contributed by atoms with Crippen molar-refractivity contribution in [2.45, 2.75) is 66.2 Å². The maximum absolute atomic E-state index is 14.1. The number of carbonyl (C=O) groups is 1. The Balaban J connectivity index is 2.06. The molecule has 2 N–H and O–H groups in total. The zero-order chi connectivity index (χ0) is 24.3. The van der Waals surface area contributed by atoms with Crippen LogP contribution in [0.4, 0.5) is 14.6 Å². The van der Waals surface area contributed by atoms with Crippen molar-refractivity contribution in [1.82, 2.24) is 14.9 Å². The molecule has 1 amide bonds. The average molecular weight is 483 g/mol. The molecule has 2 aromatic rings. The first kappa shape index (κ1) is 25.5. The second-order valence-electron chi connectivity index (χ2n) is 9.40. The van der Waals surface area contributed by atoms with E-state index in [9.17, 15) is 18.7 Å². The molecule has 1 unspecified atom stereocenters. The van der Waals surface area contributed by atoms with Crippen LogP contribution in [-0.4, -0.2) is 51.6 Å². The molecule has 33 heavy (non-hydrogen) atoms. The van der Waals surface area contributed by atoms with Gasteiger partial charge in [-0.2, -0.15) is 0 Å². The van der Waals surface area contributed by atoms with E-state index in [4.69, 9.17) is 4.74 Å². The fraction of sp³-hybridized carbons (Fsp3) is 0.609. The maximum Gasteiger partial charge on any atom is 0.274 e. The normalized spacial score (nSPS) is 17.6. The summed E-state index contributed by atoms with van der Waals surface area (Å²) in [6, 6.07) is 1.35. The van der Waals surface area contributed by atoms with Gasteiger partial charge in [-0.3, -0.25) is 4.79 Å². The molecule has 1 aliphatic rings. The quantitative estimate of drug-likeness (QED) is 0.500. The number of halogens is 2. The monoisotopic (exact) mass is 482 g/mol. The van der Waals surface area contributed by atoms with Crippen molar-refractivity contribution < 1.29 is 23.4 Å². The third-order valence-electron chi connectivity index (χ3n) is 5.41. The van der Waals surface area contributed by atoms with E-state index in [1.807, 2.05) is 27.7 Å².